The van der Waals surface area contributed by atoms with Gasteiger partial charge in [0.05, 0.1) is 11.4 Å². The lowest BCUT2D eigenvalue weighted by atomic mass is 10.2. The van der Waals surface area contributed by atoms with Crippen molar-refractivity contribution >= 4 is 23.2 Å². The Labute approximate surface area is 111 Å². The highest BCUT2D eigenvalue weighted by Crippen LogP contribution is 2.30. The minimum Gasteiger partial charge on any atom is -0.352 e. The molecule has 1 aromatic rings. The van der Waals surface area contributed by atoms with Crippen molar-refractivity contribution in [2.24, 2.45) is 0 Å². The molecule has 0 spiro atoms. The van der Waals surface area contributed by atoms with E-state index in [4.69, 9.17) is 0 Å². The number of carbonyl (C=O) groups excluding carboxylic acids is 2. The van der Waals surface area contributed by atoms with Crippen molar-refractivity contribution in [2.75, 3.05) is 6.54 Å². The average Bonchev–Trinajstić information content (AvgIpc) is 2.84. The van der Waals surface area contributed by atoms with Gasteiger partial charge >= 0.3 is 0 Å². The maximum Gasteiger partial charge on any atom is 0.261 e. The molecule has 2 N–H and O–H groups in total. The van der Waals surface area contributed by atoms with Crippen molar-refractivity contribution in [3.05, 3.63) is 21.4 Å². The van der Waals surface area contributed by atoms with Gasteiger partial charge in [0.1, 0.15) is 0 Å². The Morgan fingerprint density at radius 1 is 1.39 bits per heavy atom. The number of thiophene rings is 1. The van der Waals surface area contributed by atoms with Crippen molar-refractivity contribution in [3.63, 3.8) is 0 Å². The van der Waals surface area contributed by atoms with Gasteiger partial charge in [-0.2, -0.15) is 0 Å². The molecule has 2 amide bonds. The van der Waals surface area contributed by atoms with Crippen LogP contribution in [0.15, 0.2) is 6.07 Å². The van der Waals surface area contributed by atoms with Gasteiger partial charge < -0.3 is 10.6 Å². The van der Waals surface area contributed by atoms with Crippen LogP contribution in [0.1, 0.15) is 40.4 Å². The summed E-state index contributed by atoms with van der Waals surface area (Å²) < 4.78 is 0. The second kappa shape index (κ2) is 5.52. The first kappa shape index (κ1) is 13.1. The second-order valence-electron chi connectivity index (χ2n) is 4.82. The van der Waals surface area contributed by atoms with E-state index in [1.165, 1.54) is 16.9 Å². The van der Waals surface area contributed by atoms with Crippen LogP contribution in [0, 0.1) is 0 Å². The molecule has 98 valence electrons. The second-order valence-corrected chi connectivity index (χ2v) is 5.95. The van der Waals surface area contributed by atoms with Gasteiger partial charge in [0.15, 0.2) is 0 Å². The summed E-state index contributed by atoms with van der Waals surface area (Å²) >= 11 is 1.55. The summed E-state index contributed by atoms with van der Waals surface area (Å²) in [5.41, 5.74) is 1.30. The molecule has 1 aromatic heterocycles. The predicted molar refractivity (Wildman–Crippen MR) is 72.0 cm³/mol. The summed E-state index contributed by atoms with van der Waals surface area (Å²) in [6, 6.07) is 2.06. The van der Waals surface area contributed by atoms with Gasteiger partial charge in [-0.1, -0.05) is 0 Å². The zero-order valence-corrected chi connectivity index (χ0v) is 11.5. The molecule has 1 aliphatic rings. The fourth-order valence-electron chi connectivity index (χ4n) is 2.06. The SMILES string of the molecule is CC(C)NC(=O)CNC(=O)c1cc2c(s1)CCC2. The lowest BCUT2D eigenvalue weighted by Gasteiger charge is -2.08. The number of nitrogens with one attached hydrogen (secondary N) is 2. The van der Waals surface area contributed by atoms with Gasteiger partial charge in [-0.25, -0.2) is 0 Å². The molecular formula is C13H18N2O2S. The van der Waals surface area contributed by atoms with Gasteiger partial charge in [-0.3, -0.25) is 9.59 Å². The number of rotatable bonds is 4. The van der Waals surface area contributed by atoms with Crippen molar-refractivity contribution in [3.8, 4) is 0 Å². The van der Waals surface area contributed by atoms with Crippen LogP contribution in [0.25, 0.3) is 0 Å². The Balaban J connectivity index is 1.86. The van der Waals surface area contributed by atoms with Crippen molar-refractivity contribution in [1.29, 1.82) is 0 Å². The van der Waals surface area contributed by atoms with Crippen LogP contribution in [-0.4, -0.2) is 24.4 Å². The monoisotopic (exact) mass is 266 g/mol. The normalized spacial score (nSPS) is 13.5. The molecule has 0 bridgehead atoms. The molecule has 0 aromatic carbocycles. The van der Waals surface area contributed by atoms with Gasteiger partial charge in [0.2, 0.25) is 5.91 Å². The molecule has 5 heteroatoms. The number of amides is 2. The molecule has 1 aliphatic carbocycles. The third-order valence-corrected chi connectivity index (χ3v) is 4.07. The first-order chi connectivity index (χ1) is 8.56. The summed E-state index contributed by atoms with van der Waals surface area (Å²) in [5, 5.41) is 5.39. The minimum absolute atomic E-state index is 0.0412. The van der Waals surface area contributed by atoms with Gasteiger partial charge in [-0.15, -0.1) is 11.3 Å². The van der Waals surface area contributed by atoms with E-state index in [1.807, 2.05) is 19.9 Å². The molecule has 0 saturated heterocycles. The number of hydrogen-bond donors (Lipinski definition) is 2. The molecule has 0 atom stereocenters. The number of carbonyl (C=O) groups is 2. The van der Waals surface area contributed by atoms with Crippen LogP contribution >= 0.6 is 11.3 Å². The zero-order chi connectivity index (χ0) is 13.1. The largest absolute Gasteiger partial charge is 0.352 e. The van der Waals surface area contributed by atoms with Gasteiger partial charge in [-0.05, 0) is 44.7 Å². The summed E-state index contributed by atoms with van der Waals surface area (Å²) in [6.45, 7) is 3.83. The molecule has 1 heterocycles. The topological polar surface area (TPSA) is 58.2 Å². The Morgan fingerprint density at radius 3 is 2.83 bits per heavy atom. The van der Waals surface area contributed by atoms with Crippen LogP contribution in [0.4, 0.5) is 0 Å². The highest BCUT2D eigenvalue weighted by molar-refractivity contribution is 7.14. The third-order valence-electron chi connectivity index (χ3n) is 2.83. The van der Waals surface area contributed by atoms with E-state index < -0.39 is 0 Å². The molecule has 0 fully saturated rings. The summed E-state index contributed by atoms with van der Waals surface area (Å²) in [5.74, 6) is -0.296. The number of aryl methyl sites for hydroxylation is 2. The first-order valence-corrected chi connectivity index (χ1v) is 7.07. The maximum absolute atomic E-state index is 11.9. The quantitative estimate of drug-likeness (QED) is 0.867. The third kappa shape index (κ3) is 3.10. The van der Waals surface area contributed by atoms with Crippen LogP contribution in [0.3, 0.4) is 0 Å². The average molecular weight is 266 g/mol. The molecule has 0 saturated carbocycles. The highest BCUT2D eigenvalue weighted by Gasteiger charge is 2.18. The Kier molecular flexibility index (Phi) is 4.01. The minimum atomic E-state index is -0.151. The number of hydrogen-bond acceptors (Lipinski definition) is 3. The molecule has 0 unspecified atom stereocenters. The lowest BCUT2D eigenvalue weighted by molar-refractivity contribution is -0.120. The Hall–Kier alpha value is -1.36. The zero-order valence-electron chi connectivity index (χ0n) is 10.7. The van der Waals surface area contributed by atoms with Crippen molar-refractivity contribution in [1.82, 2.24) is 10.6 Å². The highest BCUT2D eigenvalue weighted by atomic mass is 32.1. The fourth-order valence-corrected chi connectivity index (χ4v) is 3.23. The summed E-state index contributed by atoms with van der Waals surface area (Å²) in [4.78, 5) is 25.3. The van der Waals surface area contributed by atoms with E-state index in [0.29, 0.717) is 0 Å². The van der Waals surface area contributed by atoms with Gasteiger partial charge in [0, 0.05) is 10.9 Å². The standard InChI is InChI=1S/C13H18N2O2S/c1-8(2)15-12(16)7-14-13(17)11-6-9-4-3-5-10(9)18-11/h6,8H,3-5,7H2,1-2H3,(H,14,17)(H,15,16). The molecule has 4 nitrogen and oxygen atoms in total. The lowest BCUT2D eigenvalue weighted by Crippen LogP contribution is -2.39. The molecule has 2 rings (SSSR count). The predicted octanol–water partition coefficient (Wildman–Crippen LogP) is 1.49. The number of fused-ring (bicyclic) bond motifs is 1. The summed E-state index contributed by atoms with van der Waals surface area (Å²) in [7, 11) is 0. The fraction of sp³-hybridized carbons (Fsp3) is 0.538. The van der Waals surface area contributed by atoms with Crippen molar-refractivity contribution in [2.45, 2.75) is 39.2 Å². The van der Waals surface area contributed by atoms with Crippen molar-refractivity contribution < 1.29 is 9.59 Å². The van der Waals surface area contributed by atoms with E-state index in [0.717, 1.165) is 17.7 Å². The van der Waals surface area contributed by atoms with Crippen LogP contribution in [-0.2, 0) is 17.6 Å². The van der Waals surface area contributed by atoms with E-state index in [2.05, 4.69) is 10.6 Å². The molecular weight excluding hydrogens is 248 g/mol. The van der Waals surface area contributed by atoms with Crippen LogP contribution in [0.2, 0.25) is 0 Å². The molecule has 18 heavy (non-hydrogen) atoms. The van der Waals surface area contributed by atoms with E-state index >= 15 is 0 Å². The Bertz CT molecular complexity index is 444. The first-order valence-electron chi connectivity index (χ1n) is 6.25. The Morgan fingerprint density at radius 2 is 2.17 bits per heavy atom. The van der Waals surface area contributed by atoms with Gasteiger partial charge in [0.25, 0.3) is 5.91 Å². The van der Waals surface area contributed by atoms with E-state index in [9.17, 15) is 9.59 Å². The van der Waals surface area contributed by atoms with Crippen LogP contribution in [0.5, 0.6) is 0 Å². The molecule has 0 aliphatic heterocycles. The maximum atomic E-state index is 11.9. The van der Waals surface area contributed by atoms with E-state index in [-0.39, 0.29) is 24.4 Å². The van der Waals surface area contributed by atoms with Crippen LogP contribution < -0.4 is 10.6 Å². The summed E-state index contributed by atoms with van der Waals surface area (Å²) in [6.07, 6.45) is 3.36. The smallest absolute Gasteiger partial charge is 0.261 e. The molecule has 0 radical (unpaired) electrons. The van der Waals surface area contributed by atoms with E-state index in [1.54, 1.807) is 11.3 Å².